The smallest absolute Gasteiger partial charge is 0.0702 e. The van der Waals surface area contributed by atoms with E-state index in [-0.39, 0.29) is 6.04 Å². The zero-order valence-electron chi connectivity index (χ0n) is 12.5. The number of nitrogens with zero attached hydrogens (tertiary/aromatic N) is 1. The summed E-state index contributed by atoms with van der Waals surface area (Å²) < 4.78 is 0. The lowest BCUT2D eigenvalue weighted by molar-refractivity contribution is 0.589. The molecule has 21 heavy (non-hydrogen) atoms. The minimum Gasteiger partial charge on any atom is -0.313 e. The Bertz CT molecular complexity index is 749. The maximum absolute atomic E-state index is 4.57. The van der Waals surface area contributed by atoms with E-state index in [0.717, 1.165) is 11.9 Å². The van der Waals surface area contributed by atoms with Gasteiger partial charge in [-0.1, -0.05) is 42.5 Å². The van der Waals surface area contributed by atoms with Crippen LogP contribution in [0.25, 0.3) is 10.9 Å². The van der Waals surface area contributed by atoms with Crippen molar-refractivity contribution in [2.75, 3.05) is 7.05 Å². The quantitative estimate of drug-likeness (QED) is 0.777. The molecule has 2 nitrogen and oxygen atoms in total. The van der Waals surface area contributed by atoms with E-state index >= 15 is 0 Å². The van der Waals surface area contributed by atoms with E-state index in [1.54, 1.807) is 0 Å². The molecular formula is C19H20N2. The van der Waals surface area contributed by atoms with Gasteiger partial charge in [0.2, 0.25) is 0 Å². The van der Waals surface area contributed by atoms with E-state index < -0.39 is 0 Å². The zero-order valence-corrected chi connectivity index (χ0v) is 12.5. The van der Waals surface area contributed by atoms with E-state index in [1.807, 2.05) is 19.3 Å². The Hall–Kier alpha value is -2.19. The molecule has 1 atom stereocenters. The first-order valence-corrected chi connectivity index (χ1v) is 7.34. The van der Waals surface area contributed by atoms with Gasteiger partial charge in [0.05, 0.1) is 5.52 Å². The number of pyridine rings is 1. The average Bonchev–Trinajstić information content (AvgIpc) is 2.54. The van der Waals surface area contributed by atoms with Crippen LogP contribution in [0.4, 0.5) is 0 Å². The van der Waals surface area contributed by atoms with Crippen molar-refractivity contribution < 1.29 is 0 Å². The number of para-hydroxylation sites is 1. The molecule has 0 aliphatic rings. The number of likely N-dealkylation sites (N-methyl/N-ethyl adjacent to an activating group) is 1. The van der Waals surface area contributed by atoms with E-state index in [2.05, 4.69) is 65.8 Å². The Kier molecular flexibility index (Phi) is 3.98. The van der Waals surface area contributed by atoms with Gasteiger partial charge in [0, 0.05) is 17.6 Å². The maximum Gasteiger partial charge on any atom is 0.0702 e. The van der Waals surface area contributed by atoms with Crippen molar-refractivity contribution in [3.63, 3.8) is 0 Å². The second-order valence-corrected chi connectivity index (χ2v) is 5.43. The summed E-state index contributed by atoms with van der Waals surface area (Å²) in [5, 5.41) is 4.61. The normalized spacial score (nSPS) is 12.5. The van der Waals surface area contributed by atoms with Gasteiger partial charge >= 0.3 is 0 Å². The molecule has 0 radical (unpaired) electrons. The number of aryl methyl sites for hydroxylation is 1. The summed E-state index contributed by atoms with van der Waals surface area (Å²) in [7, 11) is 2.01. The molecule has 0 amide bonds. The second kappa shape index (κ2) is 6.06. The molecule has 0 saturated heterocycles. The molecule has 2 aromatic carbocycles. The van der Waals surface area contributed by atoms with Crippen molar-refractivity contribution >= 4 is 10.9 Å². The predicted molar refractivity (Wildman–Crippen MR) is 88.4 cm³/mol. The van der Waals surface area contributed by atoms with Crippen LogP contribution in [0.3, 0.4) is 0 Å². The summed E-state index contributed by atoms with van der Waals surface area (Å²) in [5.41, 5.74) is 5.00. The third kappa shape index (κ3) is 2.96. The number of fused-ring (bicyclic) bond motifs is 1. The Morgan fingerprint density at radius 2 is 1.81 bits per heavy atom. The van der Waals surface area contributed by atoms with Gasteiger partial charge in [-0.05, 0) is 49.2 Å². The number of benzene rings is 2. The molecule has 3 aromatic rings. The topological polar surface area (TPSA) is 24.9 Å². The van der Waals surface area contributed by atoms with Crippen LogP contribution >= 0.6 is 0 Å². The zero-order chi connectivity index (χ0) is 14.7. The third-order valence-corrected chi connectivity index (χ3v) is 4.05. The van der Waals surface area contributed by atoms with Crippen molar-refractivity contribution in [1.29, 1.82) is 0 Å². The highest BCUT2D eigenvalue weighted by Gasteiger charge is 2.12. The molecule has 2 heteroatoms. The number of rotatable bonds is 4. The van der Waals surface area contributed by atoms with Gasteiger partial charge in [-0.2, -0.15) is 0 Å². The van der Waals surface area contributed by atoms with Gasteiger partial charge in [-0.15, -0.1) is 0 Å². The molecule has 1 heterocycles. The monoisotopic (exact) mass is 276 g/mol. The highest BCUT2D eigenvalue weighted by Crippen LogP contribution is 2.22. The van der Waals surface area contributed by atoms with Crippen LogP contribution in [0.1, 0.15) is 22.7 Å². The fourth-order valence-corrected chi connectivity index (χ4v) is 2.72. The van der Waals surface area contributed by atoms with Crippen LogP contribution in [0, 0.1) is 6.92 Å². The van der Waals surface area contributed by atoms with Crippen molar-refractivity contribution in [1.82, 2.24) is 10.3 Å². The lowest BCUT2D eigenvalue weighted by Gasteiger charge is -2.18. The third-order valence-electron chi connectivity index (χ3n) is 4.05. The van der Waals surface area contributed by atoms with Crippen LogP contribution in [0.15, 0.2) is 60.8 Å². The summed E-state index contributed by atoms with van der Waals surface area (Å²) in [5.74, 6) is 0. The van der Waals surface area contributed by atoms with Gasteiger partial charge in [0.1, 0.15) is 0 Å². The molecule has 0 fully saturated rings. The number of hydrogen-bond donors (Lipinski definition) is 1. The summed E-state index contributed by atoms with van der Waals surface area (Å²) in [6.45, 7) is 2.17. The van der Waals surface area contributed by atoms with Crippen LogP contribution in [0.2, 0.25) is 0 Å². The standard InChI is InChI=1S/C19H20N2/c1-14-7-3-4-8-15(14)12-19(20-2)17-11-16-9-5-6-10-18(16)21-13-17/h3-11,13,19-20H,12H2,1-2H3. The fraction of sp³-hybridized carbons (Fsp3) is 0.211. The predicted octanol–water partition coefficient (Wildman–Crippen LogP) is 4.05. The Labute approximate surface area is 125 Å². The first-order valence-electron chi connectivity index (χ1n) is 7.34. The van der Waals surface area contributed by atoms with Gasteiger partial charge in [-0.3, -0.25) is 4.98 Å². The van der Waals surface area contributed by atoms with Crippen molar-refractivity contribution in [2.24, 2.45) is 0 Å². The Balaban J connectivity index is 1.93. The van der Waals surface area contributed by atoms with Gasteiger partial charge in [-0.25, -0.2) is 0 Å². The van der Waals surface area contributed by atoms with Crippen molar-refractivity contribution in [2.45, 2.75) is 19.4 Å². The Morgan fingerprint density at radius 1 is 1.05 bits per heavy atom. The maximum atomic E-state index is 4.57. The Morgan fingerprint density at radius 3 is 2.62 bits per heavy atom. The summed E-state index contributed by atoms with van der Waals surface area (Å²) in [6, 6.07) is 19.3. The molecule has 1 aromatic heterocycles. The molecular weight excluding hydrogens is 256 g/mol. The van der Waals surface area contributed by atoms with E-state index in [0.29, 0.717) is 0 Å². The molecule has 0 aliphatic heterocycles. The largest absolute Gasteiger partial charge is 0.313 e. The van der Waals surface area contributed by atoms with E-state index in [1.165, 1.54) is 22.1 Å². The van der Waals surface area contributed by atoms with Crippen LogP contribution in [-0.4, -0.2) is 12.0 Å². The van der Waals surface area contributed by atoms with Crippen LogP contribution in [-0.2, 0) is 6.42 Å². The second-order valence-electron chi connectivity index (χ2n) is 5.43. The number of aromatic nitrogens is 1. The van der Waals surface area contributed by atoms with E-state index in [9.17, 15) is 0 Å². The molecule has 0 aliphatic carbocycles. The molecule has 3 rings (SSSR count). The SMILES string of the molecule is CNC(Cc1ccccc1C)c1cnc2ccccc2c1. The average molecular weight is 276 g/mol. The highest BCUT2D eigenvalue weighted by molar-refractivity contribution is 5.78. The summed E-state index contributed by atoms with van der Waals surface area (Å²) >= 11 is 0. The molecule has 1 unspecified atom stereocenters. The minimum atomic E-state index is 0.281. The minimum absolute atomic E-state index is 0.281. The molecule has 0 spiro atoms. The molecule has 1 N–H and O–H groups in total. The first kappa shape index (κ1) is 13.8. The van der Waals surface area contributed by atoms with Gasteiger partial charge in [0.25, 0.3) is 0 Å². The molecule has 0 bridgehead atoms. The lowest BCUT2D eigenvalue weighted by atomic mass is 9.96. The van der Waals surface area contributed by atoms with Crippen LogP contribution in [0.5, 0.6) is 0 Å². The van der Waals surface area contributed by atoms with Crippen LogP contribution < -0.4 is 5.32 Å². The number of hydrogen-bond acceptors (Lipinski definition) is 2. The molecule has 106 valence electrons. The van der Waals surface area contributed by atoms with Gasteiger partial charge < -0.3 is 5.32 Å². The van der Waals surface area contributed by atoms with E-state index in [4.69, 9.17) is 0 Å². The fourth-order valence-electron chi connectivity index (χ4n) is 2.72. The summed E-state index contributed by atoms with van der Waals surface area (Å²) in [6.07, 6.45) is 2.96. The van der Waals surface area contributed by atoms with Crippen molar-refractivity contribution in [3.05, 3.63) is 77.5 Å². The lowest BCUT2D eigenvalue weighted by Crippen LogP contribution is -2.19. The first-order chi connectivity index (χ1) is 10.3. The van der Waals surface area contributed by atoms with Gasteiger partial charge in [0.15, 0.2) is 0 Å². The number of nitrogens with one attached hydrogen (secondary N) is 1. The molecule has 0 saturated carbocycles. The van der Waals surface area contributed by atoms with Crippen molar-refractivity contribution in [3.8, 4) is 0 Å². The summed E-state index contributed by atoms with van der Waals surface area (Å²) in [4.78, 5) is 4.57. The highest BCUT2D eigenvalue weighted by atomic mass is 14.9.